The fourth-order valence-corrected chi connectivity index (χ4v) is 3.45. The first kappa shape index (κ1) is 17.0. The zero-order chi connectivity index (χ0) is 15.4. The van der Waals surface area contributed by atoms with Gasteiger partial charge < -0.3 is 5.32 Å². The maximum absolute atomic E-state index is 12.4. The molecule has 0 aliphatic carbocycles. The highest BCUT2D eigenvalue weighted by molar-refractivity contribution is 7.91. The maximum Gasteiger partial charge on any atom is 0.416 e. The summed E-state index contributed by atoms with van der Waals surface area (Å²) < 4.78 is 61.5. The molecule has 0 saturated carbocycles. The number of benzene rings is 1. The molecular weight excluding hydrogens is 291 g/mol. The van der Waals surface area contributed by atoms with Crippen molar-refractivity contribution >= 4 is 9.84 Å². The van der Waals surface area contributed by atoms with Gasteiger partial charge in [0.1, 0.15) is 0 Å². The molecule has 7 heteroatoms. The third-order valence-electron chi connectivity index (χ3n) is 2.95. The Hall–Kier alpha value is -1.08. The molecular formula is C13H18F3NO2S. The average Bonchev–Trinajstić information content (AvgIpc) is 2.37. The normalized spacial score (nSPS) is 14.2. The number of rotatable bonds is 6. The molecule has 0 amide bonds. The molecule has 0 fully saturated rings. The maximum atomic E-state index is 12.4. The highest BCUT2D eigenvalue weighted by atomic mass is 32.2. The lowest BCUT2D eigenvalue weighted by atomic mass is 10.2. The second kappa shape index (κ2) is 6.58. The van der Waals surface area contributed by atoms with Crippen molar-refractivity contribution in [2.24, 2.45) is 0 Å². The molecule has 114 valence electrons. The van der Waals surface area contributed by atoms with Gasteiger partial charge in [0.05, 0.1) is 16.2 Å². The summed E-state index contributed by atoms with van der Waals surface area (Å²) in [6, 6.07) is 3.41. The number of hydrogen-bond donors (Lipinski definition) is 1. The molecule has 1 rings (SSSR count). The van der Waals surface area contributed by atoms with Gasteiger partial charge in [0.2, 0.25) is 0 Å². The van der Waals surface area contributed by atoms with Crippen LogP contribution in [0.5, 0.6) is 0 Å². The second-order valence-corrected chi connectivity index (χ2v) is 6.50. The van der Waals surface area contributed by atoms with E-state index < -0.39 is 21.6 Å². The van der Waals surface area contributed by atoms with Crippen LogP contribution in [0.15, 0.2) is 29.2 Å². The number of alkyl halides is 3. The van der Waals surface area contributed by atoms with Crippen molar-refractivity contribution in [3.8, 4) is 0 Å². The van der Waals surface area contributed by atoms with Gasteiger partial charge in [0.15, 0.2) is 9.84 Å². The van der Waals surface area contributed by atoms with E-state index in [1.165, 1.54) is 0 Å². The van der Waals surface area contributed by atoms with Crippen molar-refractivity contribution in [1.29, 1.82) is 0 Å². The Labute approximate surface area is 117 Å². The molecule has 0 aliphatic heterocycles. The van der Waals surface area contributed by atoms with E-state index in [4.69, 9.17) is 0 Å². The summed E-state index contributed by atoms with van der Waals surface area (Å²) in [5.41, 5.74) is -0.852. The Morgan fingerprint density at radius 3 is 2.10 bits per heavy atom. The van der Waals surface area contributed by atoms with E-state index in [0.29, 0.717) is 13.0 Å². The van der Waals surface area contributed by atoms with Gasteiger partial charge in [-0.3, -0.25) is 0 Å². The van der Waals surface area contributed by atoms with Crippen LogP contribution in [0, 0.1) is 0 Å². The molecule has 0 saturated heterocycles. The monoisotopic (exact) mass is 309 g/mol. The van der Waals surface area contributed by atoms with Crippen LogP contribution in [0.4, 0.5) is 13.2 Å². The van der Waals surface area contributed by atoms with Crippen molar-refractivity contribution in [1.82, 2.24) is 5.32 Å². The van der Waals surface area contributed by atoms with Crippen molar-refractivity contribution < 1.29 is 21.6 Å². The van der Waals surface area contributed by atoms with E-state index in [2.05, 4.69) is 5.32 Å². The number of halogens is 3. The highest BCUT2D eigenvalue weighted by Crippen LogP contribution is 2.29. The summed E-state index contributed by atoms with van der Waals surface area (Å²) in [6.07, 6.45) is -3.83. The molecule has 1 N–H and O–H groups in total. The molecule has 0 heterocycles. The van der Waals surface area contributed by atoms with Gasteiger partial charge in [0.25, 0.3) is 0 Å². The van der Waals surface area contributed by atoms with Crippen LogP contribution in [0.2, 0.25) is 0 Å². The first-order chi connectivity index (χ1) is 9.20. The van der Waals surface area contributed by atoms with E-state index >= 15 is 0 Å². The molecule has 0 aliphatic rings. The average molecular weight is 309 g/mol. The summed E-state index contributed by atoms with van der Waals surface area (Å²) >= 11 is 0. The largest absolute Gasteiger partial charge is 0.416 e. The van der Waals surface area contributed by atoms with Gasteiger partial charge in [-0.2, -0.15) is 13.2 Å². The van der Waals surface area contributed by atoms with Gasteiger partial charge >= 0.3 is 6.18 Å². The molecule has 1 unspecified atom stereocenters. The van der Waals surface area contributed by atoms with E-state index in [-0.39, 0.29) is 16.7 Å². The van der Waals surface area contributed by atoms with Gasteiger partial charge in [-0.25, -0.2) is 8.42 Å². The Kier molecular flexibility index (Phi) is 5.59. The van der Waals surface area contributed by atoms with Crippen LogP contribution in [0.1, 0.15) is 25.8 Å². The summed E-state index contributed by atoms with van der Waals surface area (Å²) in [5, 5.41) is 3.03. The quantitative estimate of drug-likeness (QED) is 0.879. The van der Waals surface area contributed by atoms with Crippen LogP contribution >= 0.6 is 0 Å². The number of sulfone groups is 1. The Balaban J connectivity index is 2.93. The van der Waals surface area contributed by atoms with Crippen molar-refractivity contribution in [3.63, 3.8) is 0 Å². The molecule has 0 spiro atoms. The first-order valence-corrected chi connectivity index (χ1v) is 7.99. The summed E-state index contributed by atoms with van der Waals surface area (Å²) in [6.45, 7) is 4.37. The van der Waals surface area contributed by atoms with Gasteiger partial charge in [-0.1, -0.05) is 13.8 Å². The van der Waals surface area contributed by atoms with E-state index in [1.54, 1.807) is 0 Å². The van der Waals surface area contributed by atoms with Gasteiger partial charge in [-0.05, 0) is 37.2 Å². The molecule has 20 heavy (non-hydrogen) atoms. The summed E-state index contributed by atoms with van der Waals surface area (Å²) in [7, 11) is -3.59. The van der Waals surface area contributed by atoms with Gasteiger partial charge in [0, 0.05) is 6.04 Å². The fourth-order valence-electron chi connectivity index (χ4n) is 1.82. The standard InChI is InChI=1S/C13H18F3NO2S/c1-3-11(17-4-2)9-20(18,19)12-7-5-10(6-8-12)13(14,15)16/h5-8,11,17H,3-4,9H2,1-2H3. The van der Waals surface area contributed by atoms with Gasteiger partial charge in [-0.15, -0.1) is 0 Å². The highest BCUT2D eigenvalue weighted by Gasteiger charge is 2.30. The molecule has 1 atom stereocenters. The molecule has 0 aromatic heterocycles. The lowest BCUT2D eigenvalue weighted by molar-refractivity contribution is -0.137. The zero-order valence-corrected chi connectivity index (χ0v) is 12.2. The topological polar surface area (TPSA) is 46.2 Å². The second-order valence-electron chi connectivity index (χ2n) is 4.47. The lowest BCUT2D eigenvalue weighted by Gasteiger charge is -2.16. The third-order valence-corrected chi connectivity index (χ3v) is 4.78. The van der Waals surface area contributed by atoms with Crippen molar-refractivity contribution in [2.75, 3.05) is 12.3 Å². The number of nitrogens with one attached hydrogen (secondary N) is 1. The summed E-state index contributed by atoms with van der Waals surface area (Å²) in [4.78, 5) is -0.0816. The molecule has 0 bridgehead atoms. The van der Waals surface area contributed by atoms with Crippen LogP contribution in [0.25, 0.3) is 0 Å². The third kappa shape index (κ3) is 4.49. The predicted octanol–water partition coefficient (Wildman–Crippen LogP) is 2.87. The SMILES string of the molecule is CCNC(CC)CS(=O)(=O)c1ccc(C(F)(F)F)cc1. The molecule has 1 aromatic rings. The minimum atomic E-state index is -4.46. The van der Waals surface area contributed by atoms with Crippen LogP contribution < -0.4 is 5.32 Å². The Bertz CT molecular complexity index is 524. The minimum Gasteiger partial charge on any atom is -0.313 e. The smallest absolute Gasteiger partial charge is 0.313 e. The molecule has 0 radical (unpaired) electrons. The van der Waals surface area contributed by atoms with Crippen molar-refractivity contribution in [3.05, 3.63) is 29.8 Å². The fraction of sp³-hybridized carbons (Fsp3) is 0.538. The molecule has 3 nitrogen and oxygen atoms in total. The van der Waals surface area contributed by atoms with E-state index in [1.807, 2.05) is 13.8 Å². The lowest BCUT2D eigenvalue weighted by Crippen LogP contribution is -2.35. The minimum absolute atomic E-state index is 0.0816. The van der Waals surface area contributed by atoms with E-state index in [9.17, 15) is 21.6 Å². The Morgan fingerprint density at radius 2 is 1.70 bits per heavy atom. The predicted molar refractivity (Wildman–Crippen MR) is 71.3 cm³/mol. The van der Waals surface area contributed by atoms with Crippen LogP contribution in [0.3, 0.4) is 0 Å². The zero-order valence-electron chi connectivity index (χ0n) is 11.4. The first-order valence-electron chi connectivity index (χ1n) is 6.34. The Morgan fingerprint density at radius 1 is 1.15 bits per heavy atom. The van der Waals surface area contributed by atoms with Crippen molar-refractivity contribution in [2.45, 2.75) is 37.4 Å². The van der Waals surface area contributed by atoms with Crippen LogP contribution in [-0.4, -0.2) is 26.8 Å². The molecule has 1 aromatic carbocycles. The number of hydrogen-bond acceptors (Lipinski definition) is 3. The van der Waals surface area contributed by atoms with Crippen LogP contribution in [-0.2, 0) is 16.0 Å². The van der Waals surface area contributed by atoms with E-state index in [0.717, 1.165) is 24.3 Å². The summed E-state index contributed by atoms with van der Waals surface area (Å²) in [5.74, 6) is -0.122.